The van der Waals surface area contributed by atoms with Crippen molar-refractivity contribution in [1.82, 2.24) is 14.9 Å². The van der Waals surface area contributed by atoms with Gasteiger partial charge in [0, 0.05) is 31.5 Å². The summed E-state index contributed by atoms with van der Waals surface area (Å²) in [4.78, 5) is 4.31. The Labute approximate surface area is 134 Å². The Balaban J connectivity index is 1.97. The van der Waals surface area contributed by atoms with Crippen LogP contribution < -0.4 is 10.1 Å². The van der Waals surface area contributed by atoms with Crippen LogP contribution in [-0.4, -0.2) is 15.6 Å². The summed E-state index contributed by atoms with van der Waals surface area (Å²) in [6.45, 7) is 8.61. The van der Waals surface area contributed by atoms with Gasteiger partial charge in [-0.3, -0.25) is 0 Å². The van der Waals surface area contributed by atoms with Crippen molar-refractivity contribution in [1.29, 1.82) is 0 Å². The number of nitrogens with one attached hydrogen (secondary N) is 1. The van der Waals surface area contributed by atoms with E-state index in [0.717, 1.165) is 29.1 Å². The second-order valence-corrected chi connectivity index (χ2v) is 6.07. The monoisotopic (exact) mass is 351 g/mol. The van der Waals surface area contributed by atoms with Crippen molar-refractivity contribution in [2.45, 2.75) is 46.5 Å². The van der Waals surface area contributed by atoms with Gasteiger partial charge in [0.2, 0.25) is 0 Å². The standard InChI is InChI=1S/C16H22BrN3O/c1-4-20-8-7-18-16(20)11-21-15-6-5-13(9-14(15)17)10-19-12(2)3/h5-9,12,19H,4,10-11H2,1-3H3. The summed E-state index contributed by atoms with van der Waals surface area (Å²) in [6.07, 6.45) is 3.77. The predicted octanol–water partition coefficient (Wildman–Crippen LogP) is 3.74. The molecule has 2 aromatic rings. The molecule has 4 nitrogen and oxygen atoms in total. The summed E-state index contributed by atoms with van der Waals surface area (Å²) in [7, 11) is 0. The van der Waals surface area contributed by atoms with Gasteiger partial charge in [0.1, 0.15) is 18.2 Å². The van der Waals surface area contributed by atoms with Crippen LogP contribution in [0.3, 0.4) is 0 Å². The molecule has 1 aromatic heterocycles. The Kier molecular flexibility index (Phi) is 5.82. The summed E-state index contributed by atoms with van der Waals surface area (Å²) >= 11 is 3.57. The lowest BCUT2D eigenvalue weighted by Crippen LogP contribution is -2.21. The lowest BCUT2D eigenvalue weighted by molar-refractivity contribution is 0.288. The van der Waals surface area contributed by atoms with Gasteiger partial charge in [-0.1, -0.05) is 19.9 Å². The second-order valence-electron chi connectivity index (χ2n) is 5.22. The molecule has 2 rings (SSSR count). The number of ether oxygens (including phenoxy) is 1. The first-order valence-corrected chi connectivity index (χ1v) is 8.04. The van der Waals surface area contributed by atoms with E-state index in [9.17, 15) is 0 Å². The van der Waals surface area contributed by atoms with E-state index in [1.807, 2.05) is 12.3 Å². The first-order chi connectivity index (χ1) is 10.1. The first-order valence-electron chi connectivity index (χ1n) is 7.24. The number of aryl methyl sites for hydroxylation is 1. The fraction of sp³-hybridized carbons (Fsp3) is 0.438. The predicted molar refractivity (Wildman–Crippen MR) is 88.4 cm³/mol. The van der Waals surface area contributed by atoms with Crippen LogP contribution in [0, 0.1) is 0 Å². The number of hydrogen-bond acceptors (Lipinski definition) is 3. The van der Waals surface area contributed by atoms with Crippen molar-refractivity contribution < 1.29 is 4.74 Å². The Morgan fingerprint density at radius 2 is 2.19 bits per heavy atom. The van der Waals surface area contributed by atoms with E-state index in [1.54, 1.807) is 6.20 Å². The van der Waals surface area contributed by atoms with E-state index in [2.05, 4.69) is 63.7 Å². The Morgan fingerprint density at radius 3 is 2.86 bits per heavy atom. The lowest BCUT2D eigenvalue weighted by Gasteiger charge is -2.12. The average Bonchev–Trinajstić information content (AvgIpc) is 2.91. The van der Waals surface area contributed by atoms with Crippen LogP contribution >= 0.6 is 15.9 Å². The zero-order valence-electron chi connectivity index (χ0n) is 12.8. The molecule has 5 heteroatoms. The van der Waals surface area contributed by atoms with Gasteiger partial charge in [0.25, 0.3) is 0 Å². The molecule has 0 bridgehead atoms. The lowest BCUT2D eigenvalue weighted by atomic mass is 10.2. The summed E-state index contributed by atoms with van der Waals surface area (Å²) in [5.41, 5.74) is 1.23. The molecule has 0 spiro atoms. The van der Waals surface area contributed by atoms with Crippen LogP contribution in [0.2, 0.25) is 0 Å². The van der Waals surface area contributed by atoms with Crippen LogP contribution in [0.5, 0.6) is 5.75 Å². The highest BCUT2D eigenvalue weighted by atomic mass is 79.9. The molecule has 0 radical (unpaired) electrons. The molecule has 1 N–H and O–H groups in total. The van der Waals surface area contributed by atoms with Crippen molar-refractivity contribution in [2.75, 3.05) is 0 Å². The maximum atomic E-state index is 5.85. The van der Waals surface area contributed by atoms with E-state index in [0.29, 0.717) is 12.6 Å². The average molecular weight is 352 g/mol. The molecule has 1 aromatic carbocycles. The fourth-order valence-corrected chi connectivity index (χ4v) is 2.54. The molecule has 0 saturated heterocycles. The molecule has 0 unspecified atom stereocenters. The third-order valence-corrected chi connectivity index (χ3v) is 3.83. The summed E-state index contributed by atoms with van der Waals surface area (Å²) in [6, 6.07) is 6.66. The largest absolute Gasteiger partial charge is 0.485 e. The number of halogens is 1. The Hall–Kier alpha value is -1.33. The van der Waals surface area contributed by atoms with E-state index in [4.69, 9.17) is 4.74 Å². The highest BCUT2D eigenvalue weighted by Gasteiger charge is 2.06. The van der Waals surface area contributed by atoms with Crippen LogP contribution in [0.1, 0.15) is 32.2 Å². The maximum Gasteiger partial charge on any atom is 0.146 e. The van der Waals surface area contributed by atoms with Crippen molar-refractivity contribution >= 4 is 15.9 Å². The minimum Gasteiger partial charge on any atom is -0.485 e. The van der Waals surface area contributed by atoms with Gasteiger partial charge in [-0.05, 0) is 40.5 Å². The molecule has 1 heterocycles. The summed E-state index contributed by atoms with van der Waals surface area (Å²) in [5.74, 6) is 1.78. The SMILES string of the molecule is CCn1ccnc1COc1ccc(CNC(C)C)cc1Br. The topological polar surface area (TPSA) is 39.1 Å². The molecule has 0 aliphatic carbocycles. The smallest absolute Gasteiger partial charge is 0.146 e. The van der Waals surface area contributed by atoms with Gasteiger partial charge in [0.05, 0.1) is 4.47 Å². The molecule has 0 fully saturated rings. The second kappa shape index (κ2) is 7.61. The number of benzene rings is 1. The van der Waals surface area contributed by atoms with Crippen molar-refractivity contribution in [2.24, 2.45) is 0 Å². The highest BCUT2D eigenvalue weighted by Crippen LogP contribution is 2.26. The zero-order chi connectivity index (χ0) is 15.2. The minimum absolute atomic E-state index is 0.475. The first kappa shape index (κ1) is 16.0. The van der Waals surface area contributed by atoms with E-state index in [-0.39, 0.29) is 0 Å². The molecular formula is C16H22BrN3O. The van der Waals surface area contributed by atoms with Crippen molar-refractivity contribution in [3.8, 4) is 5.75 Å². The van der Waals surface area contributed by atoms with E-state index < -0.39 is 0 Å². The van der Waals surface area contributed by atoms with Crippen LogP contribution in [0.4, 0.5) is 0 Å². The number of hydrogen-bond donors (Lipinski definition) is 1. The molecule has 0 aliphatic heterocycles. The van der Waals surface area contributed by atoms with Crippen molar-refractivity contribution in [3.63, 3.8) is 0 Å². The van der Waals surface area contributed by atoms with Crippen LogP contribution in [0.25, 0.3) is 0 Å². The third kappa shape index (κ3) is 4.58. The van der Waals surface area contributed by atoms with Crippen molar-refractivity contribution in [3.05, 3.63) is 46.5 Å². The molecule has 21 heavy (non-hydrogen) atoms. The number of imidazole rings is 1. The summed E-state index contributed by atoms with van der Waals surface area (Å²) in [5, 5.41) is 3.40. The highest BCUT2D eigenvalue weighted by molar-refractivity contribution is 9.10. The van der Waals surface area contributed by atoms with Gasteiger partial charge in [-0.2, -0.15) is 0 Å². The molecular weight excluding hydrogens is 330 g/mol. The van der Waals surface area contributed by atoms with E-state index >= 15 is 0 Å². The molecule has 114 valence electrons. The zero-order valence-corrected chi connectivity index (χ0v) is 14.4. The molecule has 0 saturated carbocycles. The fourth-order valence-electron chi connectivity index (χ4n) is 2.00. The quantitative estimate of drug-likeness (QED) is 0.825. The number of nitrogens with zero attached hydrogens (tertiary/aromatic N) is 2. The van der Waals surface area contributed by atoms with Gasteiger partial charge in [-0.15, -0.1) is 0 Å². The minimum atomic E-state index is 0.475. The van der Waals surface area contributed by atoms with Gasteiger partial charge >= 0.3 is 0 Å². The Bertz CT molecular complexity index is 581. The van der Waals surface area contributed by atoms with Gasteiger partial charge in [0.15, 0.2) is 0 Å². The maximum absolute atomic E-state index is 5.85. The molecule has 0 amide bonds. The van der Waals surface area contributed by atoms with E-state index in [1.165, 1.54) is 5.56 Å². The van der Waals surface area contributed by atoms with Crippen LogP contribution in [0.15, 0.2) is 35.1 Å². The molecule has 0 atom stereocenters. The summed E-state index contributed by atoms with van der Waals surface area (Å²) < 4.78 is 8.90. The number of rotatable bonds is 7. The third-order valence-electron chi connectivity index (χ3n) is 3.21. The Morgan fingerprint density at radius 1 is 1.38 bits per heavy atom. The van der Waals surface area contributed by atoms with Crippen LogP contribution in [-0.2, 0) is 19.7 Å². The van der Waals surface area contributed by atoms with Gasteiger partial charge in [-0.25, -0.2) is 4.98 Å². The normalized spacial score (nSPS) is 11.1. The molecule has 0 aliphatic rings. The van der Waals surface area contributed by atoms with Gasteiger partial charge < -0.3 is 14.6 Å². The number of aromatic nitrogens is 2.